The number of hydrogen-bond acceptors (Lipinski definition) is 3. The predicted molar refractivity (Wildman–Crippen MR) is 72.6 cm³/mol. The molecule has 6 nitrogen and oxygen atoms in total. The quantitative estimate of drug-likeness (QED) is 0.747. The number of carboxylic acids is 2. The maximum absolute atomic E-state index is 13.2. The van der Waals surface area contributed by atoms with Gasteiger partial charge in [-0.05, 0) is 23.6 Å². The summed E-state index contributed by atoms with van der Waals surface area (Å²) < 4.78 is 13.2. The highest BCUT2D eigenvalue weighted by molar-refractivity contribution is 5.94. The van der Waals surface area contributed by atoms with Gasteiger partial charge in [0.05, 0.1) is 12.0 Å². The Morgan fingerprint density at radius 3 is 2.33 bits per heavy atom. The Labute approximate surface area is 120 Å². The molecule has 0 aromatic heterocycles. The molecule has 1 amide bonds. The van der Waals surface area contributed by atoms with E-state index in [1.165, 1.54) is 6.07 Å². The van der Waals surface area contributed by atoms with Crippen LogP contribution in [-0.4, -0.2) is 28.1 Å². The van der Waals surface area contributed by atoms with Crippen molar-refractivity contribution < 1.29 is 29.0 Å². The maximum atomic E-state index is 13.2. The van der Waals surface area contributed by atoms with Crippen LogP contribution in [-0.2, 0) is 9.59 Å². The number of carboxylic acid groups (broad SMARTS) is 2. The van der Waals surface area contributed by atoms with E-state index >= 15 is 0 Å². The van der Waals surface area contributed by atoms with Crippen LogP contribution in [0.25, 0.3) is 0 Å². The van der Waals surface area contributed by atoms with Crippen molar-refractivity contribution >= 4 is 23.5 Å². The fourth-order valence-electron chi connectivity index (χ4n) is 1.88. The molecule has 1 rings (SSSR count). The molecule has 3 N–H and O–H groups in total. The number of aliphatic carboxylic acids is 1. The second-order valence-corrected chi connectivity index (χ2v) is 5.46. The first-order valence-corrected chi connectivity index (χ1v) is 6.15. The van der Waals surface area contributed by atoms with Gasteiger partial charge in [-0.25, -0.2) is 9.18 Å². The molecule has 0 aliphatic rings. The summed E-state index contributed by atoms with van der Waals surface area (Å²) in [6.45, 7) is 3.27. The third-order valence-corrected chi connectivity index (χ3v) is 2.75. The Bertz CT molecular complexity index is 583. The Kier molecular flexibility index (Phi) is 5.02. The predicted octanol–water partition coefficient (Wildman–Crippen LogP) is 2.35. The third-order valence-electron chi connectivity index (χ3n) is 2.75. The number of rotatable bonds is 6. The number of amides is 1. The van der Waals surface area contributed by atoms with E-state index in [0.717, 1.165) is 12.1 Å². The average Bonchev–Trinajstić information content (AvgIpc) is 2.28. The Hall–Kier alpha value is -2.44. The van der Waals surface area contributed by atoms with Crippen molar-refractivity contribution in [1.29, 1.82) is 0 Å². The molecule has 114 valence electrons. The van der Waals surface area contributed by atoms with E-state index < -0.39 is 34.6 Å². The van der Waals surface area contributed by atoms with Crippen LogP contribution in [0, 0.1) is 11.2 Å². The molecule has 0 saturated heterocycles. The number of benzene rings is 1. The maximum Gasteiger partial charge on any atom is 0.338 e. The molecule has 0 saturated carbocycles. The van der Waals surface area contributed by atoms with Crippen molar-refractivity contribution in [3.8, 4) is 0 Å². The van der Waals surface area contributed by atoms with Gasteiger partial charge < -0.3 is 15.5 Å². The molecule has 0 heterocycles. The summed E-state index contributed by atoms with van der Waals surface area (Å²) in [5.41, 5.74) is -1.14. The fraction of sp³-hybridized carbons (Fsp3) is 0.357. The summed E-state index contributed by atoms with van der Waals surface area (Å²) >= 11 is 0. The SMILES string of the molecule is CC(C)(CC(=O)O)CC(=O)Nc1ccc(F)c(C(=O)O)c1. The van der Waals surface area contributed by atoms with Crippen molar-refractivity contribution in [3.05, 3.63) is 29.6 Å². The van der Waals surface area contributed by atoms with Gasteiger partial charge >= 0.3 is 11.9 Å². The second kappa shape index (κ2) is 6.34. The first-order valence-electron chi connectivity index (χ1n) is 6.15. The topological polar surface area (TPSA) is 104 Å². The van der Waals surface area contributed by atoms with E-state index in [4.69, 9.17) is 10.2 Å². The summed E-state index contributed by atoms with van der Waals surface area (Å²) in [5, 5.41) is 20.0. The van der Waals surface area contributed by atoms with Crippen molar-refractivity contribution in [2.45, 2.75) is 26.7 Å². The van der Waals surface area contributed by atoms with E-state index in [9.17, 15) is 18.8 Å². The zero-order valence-corrected chi connectivity index (χ0v) is 11.6. The smallest absolute Gasteiger partial charge is 0.338 e. The van der Waals surface area contributed by atoms with E-state index in [-0.39, 0.29) is 18.5 Å². The van der Waals surface area contributed by atoms with Crippen LogP contribution in [0.2, 0.25) is 0 Å². The number of carbonyl (C=O) groups is 3. The summed E-state index contributed by atoms with van der Waals surface area (Å²) in [6.07, 6.45) is -0.233. The van der Waals surface area contributed by atoms with Gasteiger partial charge in [-0.3, -0.25) is 9.59 Å². The van der Waals surface area contributed by atoms with Gasteiger partial charge in [0.25, 0.3) is 0 Å². The van der Waals surface area contributed by atoms with E-state index in [1.54, 1.807) is 13.8 Å². The number of nitrogens with one attached hydrogen (secondary N) is 1. The standard InChI is InChI=1S/C14H16FNO5/c1-14(2,7-12(18)19)6-11(17)16-8-3-4-10(15)9(5-8)13(20)21/h3-5H,6-7H2,1-2H3,(H,16,17)(H,18,19)(H,20,21). The summed E-state index contributed by atoms with van der Waals surface area (Å²) in [5.74, 6) is -3.81. The molecule has 0 aliphatic carbocycles. The minimum absolute atomic E-state index is 0.0565. The highest BCUT2D eigenvalue weighted by Crippen LogP contribution is 2.26. The van der Waals surface area contributed by atoms with Crippen LogP contribution in [0.1, 0.15) is 37.0 Å². The number of carbonyl (C=O) groups excluding carboxylic acids is 1. The van der Waals surface area contributed by atoms with Gasteiger partial charge in [0, 0.05) is 12.1 Å². The largest absolute Gasteiger partial charge is 0.481 e. The molecular weight excluding hydrogens is 281 g/mol. The monoisotopic (exact) mass is 297 g/mol. The van der Waals surface area contributed by atoms with Gasteiger partial charge in [0.15, 0.2) is 0 Å². The highest BCUT2D eigenvalue weighted by Gasteiger charge is 2.25. The fourth-order valence-corrected chi connectivity index (χ4v) is 1.88. The van der Waals surface area contributed by atoms with Crippen LogP contribution < -0.4 is 5.32 Å². The van der Waals surface area contributed by atoms with E-state index in [2.05, 4.69) is 5.32 Å². The molecule has 7 heteroatoms. The number of halogens is 1. The average molecular weight is 297 g/mol. The second-order valence-electron chi connectivity index (χ2n) is 5.46. The zero-order valence-electron chi connectivity index (χ0n) is 11.6. The third kappa shape index (κ3) is 5.21. The van der Waals surface area contributed by atoms with Crippen LogP contribution in [0.3, 0.4) is 0 Å². The molecule has 21 heavy (non-hydrogen) atoms. The van der Waals surface area contributed by atoms with Crippen LogP contribution >= 0.6 is 0 Å². The van der Waals surface area contributed by atoms with Crippen LogP contribution in [0.15, 0.2) is 18.2 Å². The van der Waals surface area contributed by atoms with Crippen molar-refractivity contribution in [1.82, 2.24) is 0 Å². The van der Waals surface area contributed by atoms with E-state index in [0.29, 0.717) is 0 Å². The first kappa shape index (κ1) is 16.6. The molecule has 0 aliphatic heterocycles. The van der Waals surface area contributed by atoms with Gasteiger partial charge in [0.1, 0.15) is 5.82 Å². The molecule has 1 aromatic rings. The summed E-state index contributed by atoms with van der Waals surface area (Å²) in [6, 6.07) is 3.20. The van der Waals surface area contributed by atoms with Gasteiger partial charge in [0.2, 0.25) is 5.91 Å². The number of aromatic carboxylic acids is 1. The minimum atomic E-state index is -1.44. The lowest BCUT2D eigenvalue weighted by Crippen LogP contribution is -2.24. The zero-order chi connectivity index (χ0) is 16.2. The van der Waals surface area contributed by atoms with Gasteiger partial charge in [-0.15, -0.1) is 0 Å². The number of anilines is 1. The molecule has 0 spiro atoms. The molecular formula is C14H16FNO5. The lowest BCUT2D eigenvalue weighted by atomic mass is 9.85. The minimum Gasteiger partial charge on any atom is -0.481 e. The van der Waals surface area contributed by atoms with Crippen LogP contribution in [0.5, 0.6) is 0 Å². The highest BCUT2D eigenvalue weighted by atomic mass is 19.1. The Morgan fingerprint density at radius 1 is 1.19 bits per heavy atom. The number of hydrogen-bond donors (Lipinski definition) is 3. The molecule has 0 radical (unpaired) electrons. The first-order chi connectivity index (χ1) is 9.60. The lowest BCUT2D eigenvalue weighted by Gasteiger charge is -2.21. The Balaban J connectivity index is 2.78. The summed E-state index contributed by atoms with van der Waals surface area (Å²) in [7, 11) is 0. The molecule has 0 bridgehead atoms. The normalized spacial score (nSPS) is 11.0. The molecule has 0 atom stereocenters. The molecule has 0 unspecified atom stereocenters. The van der Waals surface area contributed by atoms with Gasteiger partial charge in [-0.2, -0.15) is 0 Å². The van der Waals surface area contributed by atoms with E-state index in [1.807, 2.05) is 0 Å². The lowest BCUT2D eigenvalue weighted by molar-refractivity contribution is -0.139. The van der Waals surface area contributed by atoms with Crippen LogP contribution in [0.4, 0.5) is 10.1 Å². The summed E-state index contributed by atoms with van der Waals surface area (Å²) in [4.78, 5) is 33.3. The Morgan fingerprint density at radius 2 is 1.81 bits per heavy atom. The van der Waals surface area contributed by atoms with Crippen molar-refractivity contribution in [2.24, 2.45) is 5.41 Å². The van der Waals surface area contributed by atoms with Gasteiger partial charge in [-0.1, -0.05) is 13.8 Å². The molecule has 0 fully saturated rings. The van der Waals surface area contributed by atoms with Crippen molar-refractivity contribution in [2.75, 3.05) is 5.32 Å². The van der Waals surface area contributed by atoms with Crippen molar-refractivity contribution in [3.63, 3.8) is 0 Å². The molecule has 1 aromatic carbocycles.